The number of nitrogens with zero attached hydrogens (tertiary/aromatic N) is 1. The lowest BCUT2D eigenvalue weighted by molar-refractivity contribution is -0.132. The van der Waals surface area contributed by atoms with Gasteiger partial charge >= 0.3 is 0 Å². The van der Waals surface area contributed by atoms with Crippen LogP contribution >= 0.6 is 0 Å². The SMILES string of the molecule is Cc1ccc(C(O)=C2C(=O)C(=O)N(c3ccc(S(N)(=O)=O)cc3)[C@@H]2c2ccc(C(C)C)cc2)cc1. The van der Waals surface area contributed by atoms with Crippen LogP contribution < -0.4 is 10.0 Å². The van der Waals surface area contributed by atoms with E-state index in [1.165, 1.54) is 29.2 Å². The van der Waals surface area contributed by atoms with Crippen LogP contribution in [0.2, 0.25) is 0 Å². The molecule has 0 aromatic heterocycles. The summed E-state index contributed by atoms with van der Waals surface area (Å²) in [6.45, 7) is 6.03. The van der Waals surface area contributed by atoms with E-state index in [1.54, 1.807) is 12.1 Å². The normalized spacial score (nSPS) is 17.9. The van der Waals surface area contributed by atoms with E-state index in [2.05, 4.69) is 13.8 Å². The number of aliphatic hydroxyl groups is 1. The lowest BCUT2D eigenvalue weighted by Gasteiger charge is -2.26. The standard InChI is InChI=1S/C27H26N2O5S/c1-16(2)18-8-10-19(11-9-18)24-23(25(30)20-6-4-17(3)5-7-20)26(31)27(32)29(24)21-12-14-22(15-13-21)35(28,33)34/h4-16,24,30H,1-3H3,(H2,28,33,34)/t24-/m1/s1. The van der Waals surface area contributed by atoms with E-state index >= 15 is 0 Å². The molecule has 35 heavy (non-hydrogen) atoms. The fourth-order valence-electron chi connectivity index (χ4n) is 4.14. The Morgan fingerprint density at radius 1 is 0.914 bits per heavy atom. The average Bonchev–Trinajstić information content (AvgIpc) is 3.09. The Bertz CT molecular complexity index is 1420. The number of hydrogen-bond donors (Lipinski definition) is 2. The van der Waals surface area contributed by atoms with Gasteiger partial charge in [0.25, 0.3) is 11.7 Å². The fraction of sp³-hybridized carbons (Fsp3) is 0.185. The molecule has 0 radical (unpaired) electrons. The molecule has 1 saturated heterocycles. The summed E-state index contributed by atoms with van der Waals surface area (Å²) < 4.78 is 23.4. The number of anilines is 1. The second-order valence-corrected chi connectivity index (χ2v) is 10.5. The van der Waals surface area contributed by atoms with Gasteiger partial charge in [-0.1, -0.05) is 67.9 Å². The third kappa shape index (κ3) is 4.62. The first-order chi connectivity index (χ1) is 16.5. The van der Waals surface area contributed by atoms with Crippen molar-refractivity contribution in [3.8, 4) is 0 Å². The maximum absolute atomic E-state index is 13.2. The molecule has 1 heterocycles. The van der Waals surface area contributed by atoms with Gasteiger partial charge in [0.05, 0.1) is 16.5 Å². The predicted octanol–water partition coefficient (Wildman–Crippen LogP) is 4.39. The summed E-state index contributed by atoms with van der Waals surface area (Å²) in [7, 11) is -3.93. The molecular weight excluding hydrogens is 464 g/mol. The molecule has 1 amide bonds. The van der Waals surface area contributed by atoms with Crippen molar-refractivity contribution in [1.82, 2.24) is 0 Å². The Labute approximate surface area is 204 Å². The Kier molecular flexibility index (Phi) is 6.36. The van der Waals surface area contributed by atoms with Crippen LogP contribution in [0, 0.1) is 6.92 Å². The molecule has 7 nitrogen and oxygen atoms in total. The third-order valence-electron chi connectivity index (χ3n) is 6.13. The monoisotopic (exact) mass is 490 g/mol. The van der Waals surface area contributed by atoms with E-state index in [0.717, 1.165) is 11.1 Å². The summed E-state index contributed by atoms with van der Waals surface area (Å²) in [5.74, 6) is -1.63. The zero-order valence-electron chi connectivity index (χ0n) is 19.6. The number of benzene rings is 3. The van der Waals surface area contributed by atoms with Crippen molar-refractivity contribution in [3.63, 3.8) is 0 Å². The first-order valence-corrected chi connectivity index (χ1v) is 12.6. The summed E-state index contributed by atoms with van der Waals surface area (Å²) in [6.07, 6.45) is 0. The lowest BCUT2D eigenvalue weighted by Crippen LogP contribution is -2.29. The van der Waals surface area contributed by atoms with E-state index in [4.69, 9.17) is 5.14 Å². The van der Waals surface area contributed by atoms with E-state index in [0.29, 0.717) is 16.8 Å². The summed E-state index contributed by atoms with van der Waals surface area (Å²) in [4.78, 5) is 27.6. The van der Waals surface area contributed by atoms with Crippen LogP contribution in [0.3, 0.4) is 0 Å². The summed E-state index contributed by atoms with van der Waals surface area (Å²) in [6, 6.07) is 19.0. The molecule has 1 aliphatic heterocycles. The number of carbonyl (C=O) groups excluding carboxylic acids is 2. The highest BCUT2D eigenvalue weighted by Gasteiger charge is 2.47. The van der Waals surface area contributed by atoms with Gasteiger partial charge in [0, 0.05) is 11.3 Å². The highest BCUT2D eigenvalue weighted by atomic mass is 32.2. The van der Waals surface area contributed by atoms with Gasteiger partial charge < -0.3 is 5.11 Å². The molecule has 0 bridgehead atoms. The van der Waals surface area contributed by atoms with Gasteiger partial charge in [0.15, 0.2) is 0 Å². The second-order valence-electron chi connectivity index (χ2n) is 8.90. The highest BCUT2D eigenvalue weighted by molar-refractivity contribution is 7.89. The number of hydrogen-bond acceptors (Lipinski definition) is 5. The highest BCUT2D eigenvalue weighted by Crippen LogP contribution is 2.42. The van der Waals surface area contributed by atoms with Crippen molar-refractivity contribution in [2.75, 3.05) is 4.90 Å². The number of ketones is 1. The number of primary sulfonamides is 1. The van der Waals surface area contributed by atoms with Crippen molar-refractivity contribution in [2.24, 2.45) is 5.14 Å². The molecule has 3 aromatic carbocycles. The quantitative estimate of drug-likeness (QED) is 0.312. The van der Waals surface area contributed by atoms with Gasteiger partial charge in [0.2, 0.25) is 10.0 Å². The van der Waals surface area contributed by atoms with Gasteiger partial charge in [-0.3, -0.25) is 14.5 Å². The van der Waals surface area contributed by atoms with Crippen LogP contribution in [0.15, 0.2) is 83.3 Å². The molecule has 1 atom stereocenters. The van der Waals surface area contributed by atoms with E-state index < -0.39 is 27.8 Å². The molecule has 0 spiro atoms. The average molecular weight is 491 g/mol. The van der Waals surface area contributed by atoms with Gasteiger partial charge in [-0.25, -0.2) is 13.6 Å². The molecule has 0 aliphatic carbocycles. The number of carbonyl (C=O) groups is 2. The zero-order chi connectivity index (χ0) is 25.5. The van der Waals surface area contributed by atoms with Crippen molar-refractivity contribution in [1.29, 1.82) is 0 Å². The number of rotatable bonds is 5. The minimum absolute atomic E-state index is 0.0355. The maximum Gasteiger partial charge on any atom is 0.300 e. The van der Waals surface area contributed by atoms with Crippen LogP contribution in [0.5, 0.6) is 0 Å². The largest absolute Gasteiger partial charge is 0.507 e. The summed E-state index contributed by atoms with van der Waals surface area (Å²) >= 11 is 0. The second kappa shape index (κ2) is 9.13. The maximum atomic E-state index is 13.2. The number of amides is 1. The Morgan fingerprint density at radius 2 is 1.49 bits per heavy atom. The van der Waals surface area contributed by atoms with Crippen LogP contribution in [-0.4, -0.2) is 25.2 Å². The van der Waals surface area contributed by atoms with Crippen molar-refractivity contribution < 1.29 is 23.1 Å². The van der Waals surface area contributed by atoms with Crippen molar-refractivity contribution in [2.45, 2.75) is 37.6 Å². The number of sulfonamides is 1. The number of aliphatic hydroxyl groups excluding tert-OH is 1. The molecule has 180 valence electrons. The summed E-state index contributed by atoms with van der Waals surface area (Å²) in [5.41, 5.74) is 3.39. The van der Waals surface area contributed by atoms with Crippen LogP contribution in [-0.2, 0) is 19.6 Å². The van der Waals surface area contributed by atoms with E-state index in [1.807, 2.05) is 43.3 Å². The predicted molar refractivity (Wildman–Crippen MR) is 134 cm³/mol. The number of Topliss-reactive ketones (excluding diaryl/α,β-unsaturated/α-hetero) is 1. The zero-order valence-corrected chi connectivity index (χ0v) is 20.4. The van der Waals surface area contributed by atoms with Crippen molar-refractivity contribution in [3.05, 3.63) is 101 Å². The van der Waals surface area contributed by atoms with E-state index in [-0.39, 0.29) is 22.1 Å². The van der Waals surface area contributed by atoms with E-state index in [9.17, 15) is 23.1 Å². The molecule has 3 aromatic rings. The van der Waals surface area contributed by atoms with Crippen LogP contribution in [0.4, 0.5) is 5.69 Å². The van der Waals surface area contributed by atoms with Crippen molar-refractivity contribution >= 4 is 33.2 Å². The first-order valence-electron chi connectivity index (χ1n) is 11.1. The molecule has 3 N–H and O–H groups in total. The Morgan fingerprint density at radius 3 is 2.00 bits per heavy atom. The fourth-order valence-corrected chi connectivity index (χ4v) is 4.66. The topological polar surface area (TPSA) is 118 Å². The Balaban J connectivity index is 1.91. The molecule has 1 fully saturated rings. The van der Waals surface area contributed by atoms with Gasteiger partial charge in [-0.15, -0.1) is 0 Å². The molecule has 0 unspecified atom stereocenters. The molecule has 8 heteroatoms. The molecule has 1 aliphatic rings. The minimum atomic E-state index is -3.93. The lowest BCUT2D eigenvalue weighted by atomic mass is 9.93. The van der Waals surface area contributed by atoms with Gasteiger partial charge in [-0.2, -0.15) is 0 Å². The molecule has 4 rings (SSSR count). The Hall–Kier alpha value is -3.75. The van der Waals surface area contributed by atoms with Crippen LogP contribution in [0.1, 0.15) is 48.1 Å². The number of aryl methyl sites for hydroxylation is 1. The first kappa shape index (κ1) is 24.4. The van der Waals surface area contributed by atoms with Gasteiger partial charge in [-0.05, 0) is 48.2 Å². The van der Waals surface area contributed by atoms with Crippen LogP contribution in [0.25, 0.3) is 5.76 Å². The van der Waals surface area contributed by atoms with Gasteiger partial charge in [0.1, 0.15) is 5.76 Å². The molecule has 0 saturated carbocycles. The minimum Gasteiger partial charge on any atom is -0.507 e. The third-order valence-corrected chi connectivity index (χ3v) is 7.06. The summed E-state index contributed by atoms with van der Waals surface area (Å²) in [5, 5.41) is 16.4. The molecular formula is C27H26N2O5S. The number of nitrogens with two attached hydrogens (primary N) is 1. The smallest absolute Gasteiger partial charge is 0.300 e.